The molecule has 0 heterocycles. The predicted octanol–water partition coefficient (Wildman–Crippen LogP) is 4.90. The van der Waals surface area contributed by atoms with E-state index >= 15 is 0 Å². The van der Waals surface area contributed by atoms with Crippen molar-refractivity contribution in [2.45, 2.75) is 17.9 Å². The van der Waals surface area contributed by atoms with Gasteiger partial charge in [0, 0.05) is 15.6 Å². The summed E-state index contributed by atoms with van der Waals surface area (Å²) in [4.78, 5) is 25.2. The lowest BCUT2D eigenvalue weighted by Gasteiger charge is -2.14. The summed E-state index contributed by atoms with van der Waals surface area (Å²) in [7, 11) is 0. The van der Waals surface area contributed by atoms with Gasteiger partial charge in [0.25, 0.3) is 5.91 Å². The number of anilines is 1. The molecule has 24 heavy (non-hydrogen) atoms. The first-order valence-electron chi connectivity index (χ1n) is 7.01. The third kappa shape index (κ3) is 4.90. The molecule has 1 N–H and O–H groups in total. The van der Waals surface area contributed by atoms with E-state index in [1.807, 2.05) is 6.26 Å². The van der Waals surface area contributed by atoms with Crippen molar-refractivity contribution in [3.63, 3.8) is 0 Å². The second kappa shape index (κ2) is 8.42. The second-order valence-electron chi connectivity index (χ2n) is 4.89. The Bertz CT molecular complexity index is 750. The largest absolute Gasteiger partial charge is 0.449 e. The minimum atomic E-state index is -0.970. The van der Waals surface area contributed by atoms with Crippen molar-refractivity contribution in [1.82, 2.24) is 0 Å². The minimum Gasteiger partial charge on any atom is -0.449 e. The molecule has 7 heteroatoms. The standard InChI is InChI=1S/C17H15Cl2NO3S/c1-10(16(21)20-12-5-3-11(18)4-6-12)23-17(22)14-9-13(24-2)7-8-15(14)19/h3-10H,1-2H3,(H,20,21)/t10-/m1/s1. The molecule has 0 aliphatic carbocycles. The van der Waals surface area contributed by atoms with Crippen LogP contribution in [0.4, 0.5) is 5.69 Å². The van der Waals surface area contributed by atoms with Crippen LogP contribution in [-0.4, -0.2) is 24.2 Å². The highest BCUT2D eigenvalue weighted by Gasteiger charge is 2.21. The van der Waals surface area contributed by atoms with Gasteiger partial charge in [0.05, 0.1) is 10.6 Å². The van der Waals surface area contributed by atoms with Crippen molar-refractivity contribution in [3.8, 4) is 0 Å². The number of esters is 1. The lowest BCUT2D eigenvalue weighted by Crippen LogP contribution is -2.30. The number of benzene rings is 2. The molecular formula is C17H15Cl2NO3S. The van der Waals surface area contributed by atoms with Crippen molar-refractivity contribution in [2.75, 3.05) is 11.6 Å². The number of amides is 1. The van der Waals surface area contributed by atoms with Gasteiger partial charge in [0.15, 0.2) is 6.10 Å². The Morgan fingerprint density at radius 2 is 1.79 bits per heavy atom. The maximum absolute atomic E-state index is 12.2. The van der Waals surface area contributed by atoms with E-state index in [4.69, 9.17) is 27.9 Å². The first-order valence-corrected chi connectivity index (χ1v) is 8.99. The number of halogens is 2. The van der Waals surface area contributed by atoms with Gasteiger partial charge in [-0.3, -0.25) is 4.79 Å². The predicted molar refractivity (Wildman–Crippen MR) is 98.2 cm³/mol. The lowest BCUT2D eigenvalue weighted by molar-refractivity contribution is -0.123. The third-order valence-corrected chi connectivity index (χ3v) is 4.47. The summed E-state index contributed by atoms with van der Waals surface area (Å²) in [6.07, 6.45) is 0.919. The molecule has 0 saturated heterocycles. The van der Waals surface area contributed by atoms with E-state index in [1.165, 1.54) is 18.7 Å². The number of hydrogen-bond donors (Lipinski definition) is 1. The van der Waals surface area contributed by atoms with Crippen LogP contribution in [0.5, 0.6) is 0 Å². The highest BCUT2D eigenvalue weighted by atomic mass is 35.5. The number of rotatable bonds is 5. The van der Waals surface area contributed by atoms with Gasteiger partial charge >= 0.3 is 5.97 Å². The number of ether oxygens (including phenoxy) is 1. The van der Waals surface area contributed by atoms with E-state index in [-0.39, 0.29) is 10.6 Å². The fraction of sp³-hybridized carbons (Fsp3) is 0.176. The first-order chi connectivity index (χ1) is 11.4. The zero-order valence-electron chi connectivity index (χ0n) is 13.0. The first kappa shape index (κ1) is 18.6. The molecule has 2 aromatic rings. The number of thioether (sulfide) groups is 1. The van der Waals surface area contributed by atoms with Gasteiger partial charge in [-0.15, -0.1) is 11.8 Å². The molecule has 0 fully saturated rings. The Morgan fingerprint density at radius 1 is 1.12 bits per heavy atom. The highest BCUT2D eigenvalue weighted by Crippen LogP contribution is 2.24. The molecule has 0 unspecified atom stereocenters. The summed E-state index contributed by atoms with van der Waals surface area (Å²) < 4.78 is 5.20. The topological polar surface area (TPSA) is 55.4 Å². The average Bonchev–Trinajstić information content (AvgIpc) is 2.57. The molecule has 1 amide bonds. The van der Waals surface area contributed by atoms with Crippen LogP contribution in [0.3, 0.4) is 0 Å². The van der Waals surface area contributed by atoms with Crippen LogP contribution in [0.1, 0.15) is 17.3 Å². The van der Waals surface area contributed by atoms with Crippen molar-refractivity contribution >= 4 is 52.5 Å². The molecule has 0 radical (unpaired) electrons. The van der Waals surface area contributed by atoms with Gasteiger partial charge < -0.3 is 10.1 Å². The van der Waals surface area contributed by atoms with Crippen LogP contribution in [0.15, 0.2) is 47.4 Å². The molecule has 4 nitrogen and oxygen atoms in total. The smallest absolute Gasteiger partial charge is 0.340 e. The zero-order valence-corrected chi connectivity index (χ0v) is 15.3. The third-order valence-electron chi connectivity index (χ3n) is 3.16. The quantitative estimate of drug-likeness (QED) is 0.589. The van der Waals surface area contributed by atoms with Gasteiger partial charge in [-0.1, -0.05) is 23.2 Å². The molecule has 0 aliphatic rings. The maximum atomic E-state index is 12.2. The number of carbonyl (C=O) groups excluding carboxylic acids is 2. The van der Waals surface area contributed by atoms with E-state index in [0.29, 0.717) is 10.7 Å². The number of nitrogens with one attached hydrogen (secondary N) is 1. The maximum Gasteiger partial charge on any atom is 0.340 e. The Hall–Kier alpha value is -1.69. The summed E-state index contributed by atoms with van der Waals surface area (Å²) in [5.74, 6) is -1.09. The molecular weight excluding hydrogens is 369 g/mol. The average molecular weight is 384 g/mol. The van der Waals surface area contributed by atoms with Crippen LogP contribution in [-0.2, 0) is 9.53 Å². The van der Waals surface area contributed by atoms with E-state index in [9.17, 15) is 9.59 Å². The molecule has 0 saturated carbocycles. The summed E-state index contributed by atoms with van der Waals surface area (Å²) in [6, 6.07) is 11.7. The van der Waals surface area contributed by atoms with Gasteiger partial charge in [0.1, 0.15) is 0 Å². The Labute approximate surface area is 154 Å². The van der Waals surface area contributed by atoms with Gasteiger partial charge in [-0.05, 0) is 55.6 Å². The second-order valence-corrected chi connectivity index (χ2v) is 6.61. The Morgan fingerprint density at radius 3 is 2.42 bits per heavy atom. The van der Waals surface area contributed by atoms with E-state index in [2.05, 4.69) is 5.32 Å². The fourth-order valence-electron chi connectivity index (χ4n) is 1.84. The molecule has 1 atom stereocenters. The van der Waals surface area contributed by atoms with Gasteiger partial charge in [-0.25, -0.2) is 4.79 Å². The van der Waals surface area contributed by atoms with E-state index in [1.54, 1.807) is 42.5 Å². The highest BCUT2D eigenvalue weighted by molar-refractivity contribution is 7.98. The molecule has 2 aromatic carbocycles. The van der Waals surface area contributed by atoms with Gasteiger partial charge in [-0.2, -0.15) is 0 Å². The summed E-state index contributed by atoms with van der Waals surface area (Å²) >= 11 is 13.3. The fourth-order valence-corrected chi connectivity index (χ4v) is 2.60. The molecule has 0 bridgehead atoms. The zero-order chi connectivity index (χ0) is 17.7. The van der Waals surface area contributed by atoms with Gasteiger partial charge in [0.2, 0.25) is 0 Å². The molecule has 126 valence electrons. The number of hydrogen-bond acceptors (Lipinski definition) is 4. The SMILES string of the molecule is CSc1ccc(Cl)c(C(=O)O[C@H](C)C(=O)Nc2ccc(Cl)cc2)c1. The molecule has 0 aliphatic heterocycles. The molecule has 2 rings (SSSR count). The number of carbonyl (C=O) groups is 2. The van der Waals surface area contributed by atoms with Crippen LogP contribution in [0.2, 0.25) is 10.0 Å². The van der Waals surface area contributed by atoms with E-state index < -0.39 is 18.0 Å². The minimum absolute atomic E-state index is 0.231. The molecule has 0 aromatic heterocycles. The van der Waals surface area contributed by atoms with Crippen molar-refractivity contribution in [3.05, 3.63) is 58.1 Å². The van der Waals surface area contributed by atoms with E-state index in [0.717, 1.165) is 4.90 Å². The Kier molecular flexibility index (Phi) is 6.54. The summed E-state index contributed by atoms with van der Waals surface area (Å²) in [5.41, 5.74) is 0.796. The Balaban J connectivity index is 2.02. The molecule has 0 spiro atoms. The normalized spacial score (nSPS) is 11.7. The van der Waals surface area contributed by atoms with Crippen LogP contribution in [0, 0.1) is 0 Å². The van der Waals surface area contributed by atoms with Crippen molar-refractivity contribution in [2.24, 2.45) is 0 Å². The van der Waals surface area contributed by atoms with Crippen LogP contribution < -0.4 is 5.32 Å². The monoisotopic (exact) mass is 383 g/mol. The van der Waals surface area contributed by atoms with Crippen LogP contribution in [0.25, 0.3) is 0 Å². The lowest BCUT2D eigenvalue weighted by atomic mass is 10.2. The van der Waals surface area contributed by atoms with Crippen LogP contribution >= 0.6 is 35.0 Å². The summed E-state index contributed by atoms with van der Waals surface area (Å²) in [5, 5.41) is 3.50. The van der Waals surface area contributed by atoms with Crippen molar-refractivity contribution < 1.29 is 14.3 Å². The summed E-state index contributed by atoms with van der Waals surface area (Å²) in [6.45, 7) is 1.50. The van der Waals surface area contributed by atoms with Crippen molar-refractivity contribution in [1.29, 1.82) is 0 Å².